The van der Waals surface area contributed by atoms with Gasteiger partial charge in [0, 0.05) is 90.6 Å². The van der Waals surface area contributed by atoms with Crippen molar-refractivity contribution in [3.63, 3.8) is 0 Å². The zero-order valence-corrected chi connectivity index (χ0v) is 68.8. The third-order valence-electron chi connectivity index (χ3n) is 21.5. The van der Waals surface area contributed by atoms with Crippen molar-refractivity contribution in [3.8, 4) is 5.75 Å². The maximum Gasteiger partial charge on any atom is 0.410 e. The number of imide groups is 2. The highest BCUT2D eigenvalue weighted by molar-refractivity contribution is 8.00. The minimum Gasteiger partial charge on any atom is -0.497 e. The van der Waals surface area contributed by atoms with Crippen LogP contribution in [0, 0.1) is 35.0 Å². The first-order valence-electron chi connectivity index (χ1n) is 39.1. The topological polar surface area (TPSA) is 432 Å². The Kier molecular flexibility index (Phi) is 35.8. The lowest BCUT2D eigenvalue weighted by atomic mass is 9.89. The molecule has 1 unspecified atom stereocenters. The largest absolute Gasteiger partial charge is 0.497 e. The van der Waals surface area contributed by atoms with E-state index in [-0.39, 0.29) is 106 Å². The number of rotatable bonds is 45. The van der Waals surface area contributed by atoms with Crippen molar-refractivity contribution in [2.75, 3.05) is 66.1 Å². The Bertz CT molecular complexity index is 3690. The van der Waals surface area contributed by atoms with Crippen LogP contribution >= 0.6 is 11.8 Å². The first-order valence-corrected chi connectivity index (χ1v) is 40.1. The van der Waals surface area contributed by atoms with Crippen LogP contribution in [0.4, 0.5) is 15.3 Å². The molecule has 34 heteroatoms. The molecule has 3 aliphatic heterocycles. The van der Waals surface area contributed by atoms with Crippen LogP contribution in [0.15, 0.2) is 53.7 Å². The molecular formula is C79H119N13O20S. The average Bonchev–Trinajstić information content (AvgIpc) is 1.21. The summed E-state index contributed by atoms with van der Waals surface area (Å²) in [7, 11) is 7.54. The predicted octanol–water partition coefficient (Wildman–Crippen LogP) is 5.94. The summed E-state index contributed by atoms with van der Waals surface area (Å²) < 4.78 is 23.2. The first kappa shape index (κ1) is 92.4. The minimum atomic E-state index is -1.16. The zero-order chi connectivity index (χ0) is 83.7. The molecule has 2 aromatic carbocycles. The van der Waals surface area contributed by atoms with Gasteiger partial charge in [0.25, 0.3) is 11.8 Å². The van der Waals surface area contributed by atoms with E-state index in [2.05, 4.69) is 37.1 Å². The summed E-state index contributed by atoms with van der Waals surface area (Å²) in [5, 5.41) is 30.1. The Balaban J connectivity index is 0.985. The SMILES string of the molecule is CC[C@H](C)[C@@H]([C@@H](CC(=O)N1CCC[C@H]1[C@H](OC)[C@@H](C)C(=O)N[C@H](C)/C(=N/O)c1cccc(OC)c1)OC)N(C)C(=O)[C@@H](NC(=O)[C@H](C(C)C)N(C)C(=O)OCc1ccc(NC(=O)[C@H](CCCNC(N)=O)NC(=O)[C@@H](NC(=O)CCCCCN2C(=O)CC(SCC3(CC(=O)ON4C(=O)CCC4=O)CC3)C2=O)C(C)C)cc1)C(C)C. The number of methoxy groups -OCH3 is 3. The summed E-state index contributed by atoms with van der Waals surface area (Å²) in [4.78, 5) is 198. The minimum absolute atomic E-state index is 0.00420. The molecule has 33 nitrogen and oxygen atoms in total. The van der Waals surface area contributed by atoms with Gasteiger partial charge in [0.15, 0.2) is 0 Å². The third-order valence-corrected chi connectivity index (χ3v) is 23.1. The lowest BCUT2D eigenvalue weighted by Gasteiger charge is -2.41. The number of nitrogens with zero attached hydrogens (tertiary/aromatic N) is 6. The molecule has 3 saturated heterocycles. The maximum atomic E-state index is 14.9. The Morgan fingerprint density at radius 3 is 2.02 bits per heavy atom. The number of amides is 14. The van der Waals surface area contributed by atoms with E-state index in [0.717, 1.165) is 4.90 Å². The summed E-state index contributed by atoms with van der Waals surface area (Å²) in [6, 6.07) is 6.17. The van der Waals surface area contributed by atoms with Crippen LogP contribution in [0.25, 0.3) is 0 Å². The van der Waals surface area contributed by atoms with E-state index >= 15 is 0 Å². The van der Waals surface area contributed by atoms with Crippen LogP contribution < -0.4 is 42.4 Å². The van der Waals surface area contributed by atoms with Gasteiger partial charge in [0.2, 0.25) is 53.2 Å². The molecule has 6 rings (SSSR count). The lowest BCUT2D eigenvalue weighted by Crippen LogP contribution is -2.60. The number of urea groups is 1. The van der Waals surface area contributed by atoms with Gasteiger partial charge in [-0.15, -0.1) is 16.8 Å². The summed E-state index contributed by atoms with van der Waals surface area (Å²) in [5.41, 5.74) is 6.40. The number of benzene rings is 2. The van der Waals surface area contributed by atoms with Gasteiger partial charge < -0.3 is 76.4 Å². The fourth-order valence-electron chi connectivity index (χ4n) is 14.6. The van der Waals surface area contributed by atoms with Gasteiger partial charge in [-0.05, 0) is 117 Å². The van der Waals surface area contributed by atoms with Crippen LogP contribution in [0.5, 0.6) is 5.75 Å². The standard InChI is InChI=1S/C79H119N13O20S/c1-16-48(8)69(57(109-14)40-62(96)90-38-22-26-56(90)70(110-15)49(9)71(99)82-50(10)67(87-107)52-23-20-24-54(39-52)108-13)88(11)76(104)66(46(4)5)86-74(102)68(47(6)7)89(12)78(106)111-43-51-28-30-53(31-29-51)83-72(100)55(25-21-36-81-77(80)105)84-73(101)65(45(2)3)85-59(93)27-18-17-19-37-91-63(97)41-58(75(91)103)113-44-79(34-35-79)42-64(98)112-92-60(94)32-33-61(92)95/h20,23-24,28-31,39,45-50,55-58,65-66,68-70,107H,16-19,21-22,25-27,32-38,40-44H2,1-15H3,(H,82,99)(H,83,100)(H,84,101)(H,85,93)(H,86,102)(H3,80,81,105)/b87-67-/t48-,49+,50+,55-,56-,57+,58?,65-,66-,68-,69-,70+/m0/s1. The highest BCUT2D eigenvalue weighted by Crippen LogP contribution is 2.52. The van der Waals surface area contributed by atoms with Crippen molar-refractivity contribution in [1.29, 1.82) is 0 Å². The summed E-state index contributed by atoms with van der Waals surface area (Å²) in [5.74, 6) is -7.26. The highest BCUT2D eigenvalue weighted by atomic mass is 32.2. The maximum absolute atomic E-state index is 14.9. The van der Waals surface area contributed by atoms with Crippen LogP contribution in [0.1, 0.15) is 183 Å². The predicted molar refractivity (Wildman–Crippen MR) is 418 cm³/mol. The fourth-order valence-corrected chi connectivity index (χ4v) is 16.0. The number of likely N-dealkylation sites (N-methyl/N-ethyl adjacent to an activating group) is 2. The van der Waals surface area contributed by atoms with Gasteiger partial charge in [0.1, 0.15) is 42.2 Å². The quantitative estimate of drug-likeness (QED) is 0.0125. The summed E-state index contributed by atoms with van der Waals surface area (Å²) in [6.45, 7) is 18.2. The molecule has 9 N–H and O–H groups in total. The Hall–Kier alpha value is -9.44. The van der Waals surface area contributed by atoms with Gasteiger partial charge in [-0.3, -0.25) is 62.5 Å². The van der Waals surface area contributed by atoms with Crippen molar-refractivity contribution in [2.24, 2.45) is 45.9 Å². The second kappa shape index (κ2) is 43.7. The van der Waals surface area contributed by atoms with Gasteiger partial charge >= 0.3 is 18.1 Å². The molecule has 626 valence electrons. The van der Waals surface area contributed by atoms with E-state index in [1.807, 2.05) is 13.8 Å². The average molecular weight is 1600 g/mol. The lowest BCUT2D eigenvalue weighted by molar-refractivity contribution is -0.198. The number of thioether (sulfide) groups is 1. The van der Waals surface area contributed by atoms with Crippen molar-refractivity contribution < 1.29 is 96.1 Å². The Morgan fingerprint density at radius 1 is 0.752 bits per heavy atom. The van der Waals surface area contributed by atoms with E-state index in [9.17, 15) is 72.3 Å². The number of carbonyl (C=O) groups is 14. The molecule has 113 heavy (non-hydrogen) atoms. The molecule has 12 atom stereocenters. The number of hydroxylamine groups is 2. The van der Waals surface area contributed by atoms with E-state index in [1.54, 1.807) is 116 Å². The van der Waals surface area contributed by atoms with Crippen molar-refractivity contribution >= 4 is 106 Å². The molecule has 0 aromatic heterocycles. The molecule has 0 bridgehead atoms. The highest BCUT2D eigenvalue weighted by Gasteiger charge is 2.49. The Morgan fingerprint density at radius 2 is 1.42 bits per heavy atom. The van der Waals surface area contributed by atoms with Gasteiger partial charge in [0.05, 0.1) is 61.5 Å². The van der Waals surface area contributed by atoms with Crippen molar-refractivity contribution in [1.82, 2.24) is 51.2 Å². The molecule has 3 heterocycles. The van der Waals surface area contributed by atoms with E-state index in [4.69, 9.17) is 29.5 Å². The fraction of sp³-hybridized carbons (Fsp3) is 0.658. The molecule has 0 spiro atoms. The molecule has 1 saturated carbocycles. The summed E-state index contributed by atoms with van der Waals surface area (Å²) in [6.07, 6.45) is 2.16. The number of hydrogen-bond acceptors (Lipinski definition) is 22. The van der Waals surface area contributed by atoms with Crippen LogP contribution in [0.2, 0.25) is 0 Å². The molecule has 1 aliphatic carbocycles. The number of hydrogen-bond donors (Lipinski definition) is 8. The molecular weight excluding hydrogens is 1480 g/mol. The van der Waals surface area contributed by atoms with Crippen LogP contribution in [-0.4, -0.2) is 239 Å². The number of nitrogens with two attached hydrogens (primary N) is 1. The number of likely N-dealkylation sites (tertiary alicyclic amines) is 2. The van der Waals surface area contributed by atoms with Crippen LogP contribution in [0.3, 0.4) is 0 Å². The molecule has 0 radical (unpaired) electrons. The number of carbonyl (C=O) groups excluding carboxylic acids is 14. The monoisotopic (exact) mass is 1600 g/mol. The molecule has 4 aliphatic rings. The van der Waals surface area contributed by atoms with E-state index < -0.39 is 148 Å². The Labute approximate surface area is 666 Å². The van der Waals surface area contributed by atoms with E-state index in [1.165, 1.54) is 49.9 Å². The second-order valence-electron chi connectivity index (χ2n) is 31.0. The van der Waals surface area contributed by atoms with Gasteiger partial charge in [-0.2, -0.15) is 0 Å². The molecule has 14 amide bonds. The number of oxime groups is 1. The molecule has 4 fully saturated rings. The number of anilines is 1. The first-order chi connectivity index (χ1) is 53.5. The smallest absolute Gasteiger partial charge is 0.410 e. The van der Waals surface area contributed by atoms with Gasteiger partial charge in [-0.25, -0.2) is 14.4 Å². The zero-order valence-electron chi connectivity index (χ0n) is 68.0. The van der Waals surface area contributed by atoms with E-state index in [0.29, 0.717) is 91.3 Å². The summed E-state index contributed by atoms with van der Waals surface area (Å²) >= 11 is 1.30. The second-order valence-corrected chi connectivity index (χ2v) is 32.2. The number of primary amides is 1. The molecule has 2 aromatic rings. The number of ether oxygens (including phenoxy) is 4. The third kappa shape index (κ3) is 26.0. The van der Waals surface area contributed by atoms with Crippen LogP contribution in [-0.2, 0) is 83.2 Å². The van der Waals surface area contributed by atoms with Crippen molar-refractivity contribution in [2.45, 2.75) is 238 Å². The number of unbranched alkanes of at least 4 members (excludes halogenated alkanes) is 2. The number of nitrogens with one attached hydrogen (secondary N) is 6. The normalized spacial score (nSPS) is 18.8. The van der Waals surface area contributed by atoms with Crippen molar-refractivity contribution in [3.05, 3.63) is 59.7 Å². The van der Waals surface area contributed by atoms with Gasteiger partial charge in [-0.1, -0.05) is 105 Å².